The molecule has 2 atom stereocenters. The first-order valence-corrected chi connectivity index (χ1v) is 5.42. The third kappa shape index (κ3) is 3.73. The molecular formula is C11H19N3O. The molecule has 1 N–H and O–H groups in total. The van der Waals surface area contributed by atoms with Gasteiger partial charge in [0.1, 0.15) is 6.33 Å². The Morgan fingerprint density at radius 2 is 2.27 bits per heavy atom. The molecule has 1 aromatic heterocycles. The van der Waals surface area contributed by atoms with Gasteiger partial charge >= 0.3 is 6.03 Å². The van der Waals surface area contributed by atoms with Crippen molar-refractivity contribution in [1.82, 2.24) is 14.9 Å². The van der Waals surface area contributed by atoms with E-state index in [9.17, 15) is 4.79 Å². The molecule has 1 amide bonds. The molecule has 15 heavy (non-hydrogen) atoms. The highest BCUT2D eigenvalue weighted by molar-refractivity contribution is 5.76. The zero-order valence-electron chi connectivity index (χ0n) is 9.60. The summed E-state index contributed by atoms with van der Waals surface area (Å²) in [7, 11) is 0. The lowest BCUT2D eigenvalue weighted by Crippen LogP contribution is -2.36. The van der Waals surface area contributed by atoms with Crippen LogP contribution >= 0.6 is 0 Å². The van der Waals surface area contributed by atoms with Crippen molar-refractivity contribution in [1.29, 1.82) is 0 Å². The lowest BCUT2D eigenvalue weighted by Gasteiger charge is -2.17. The van der Waals surface area contributed by atoms with E-state index >= 15 is 0 Å². The summed E-state index contributed by atoms with van der Waals surface area (Å²) in [6.45, 7) is 6.38. The second kappa shape index (κ2) is 5.53. The van der Waals surface area contributed by atoms with Crippen molar-refractivity contribution in [3.05, 3.63) is 18.7 Å². The first kappa shape index (κ1) is 11.8. The van der Waals surface area contributed by atoms with Crippen molar-refractivity contribution in [2.45, 2.75) is 39.7 Å². The first-order chi connectivity index (χ1) is 7.13. The minimum atomic E-state index is -0.108. The third-order valence-electron chi connectivity index (χ3n) is 2.56. The molecule has 1 aromatic rings. The molecular weight excluding hydrogens is 190 g/mol. The summed E-state index contributed by atoms with van der Waals surface area (Å²) in [5.74, 6) is 0.642. The summed E-state index contributed by atoms with van der Waals surface area (Å²) < 4.78 is 1.45. The Morgan fingerprint density at radius 1 is 1.53 bits per heavy atom. The molecule has 0 bridgehead atoms. The van der Waals surface area contributed by atoms with Crippen LogP contribution in [0.2, 0.25) is 0 Å². The Hall–Kier alpha value is -1.32. The normalized spacial score (nSPS) is 14.6. The third-order valence-corrected chi connectivity index (χ3v) is 2.56. The van der Waals surface area contributed by atoms with E-state index < -0.39 is 0 Å². The zero-order valence-corrected chi connectivity index (χ0v) is 9.60. The number of nitrogens with zero attached hydrogens (tertiary/aromatic N) is 2. The highest BCUT2D eigenvalue weighted by Crippen LogP contribution is 2.09. The fourth-order valence-electron chi connectivity index (χ4n) is 1.49. The van der Waals surface area contributed by atoms with E-state index in [1.54, 1.807) is 12.4 Å². The Balaban J connectivity index is 2.38. The van der Waals surface area contributed by atoms with E-state index in [0.29, 0.717) is 5.92 Å². The maximum absolute atomic E-state index is 11.6. The molecule has 0 aliphatic rings. The van der Waals surface area contributed by atoms with Crippen LogP contribution in [0.1, 0.15) is 33.6 Å². The van der Waals surface area contributed by atoms with Crippen LogP contribution in [-0.2, 0) is 0 Å². The van der Waals surface area contributed by atoms with Crippen LogP contribution in [0.15, 0.2) is 18.7 Å². The van der Waals surface area contributed by atoms with Crippen LogP contribution in [-0.4, -0.2) is 21.6 Å². The minimum absolute atomic E-state index is 0.108. The van der Waals surface area contributed by atoms with Crippen molar-refractivity contribution >= 4 is 6.03 Å². The summed E-state index contributed by atoms with van der Waals surface area (Å²) in [6.07, 6.45) is 6.90. The van der Waals surface area contributed by atoms with E-state index in [1.807, 2.05) is 6.92 Å². The van der Waals surface area contributed by atoms with Crippen LogP contribution in [0.25, 0.3) is 0 Å². The van der Waals surface area contributed by atoms with Gasteiger partial charge < -0.3 is 5.32 Å². The Kier molecular flexibility index (Phi) is 4.34. The fourth-order valence-corrected chi connectivity index (χ4v) is 1.49. The molecule has 0 spiro atoms. The van der Waals surface area contributed by atoms with E-state index in [2.05, 4.69) is 24.1 Å². The average molecular weight is 209 g/mol. The van der Waals surface area contributed by atoms with Crippen molar-refractivity contribution in [3.63, 3.8) is 0 Å². The first-order valence-electron chi connectivity index (χ1n) is 5.42. The van der Waals surface area contributed by atoms with Gasteiger partial charge in [-0.2, -0.15) is 0 Å². The number of aromatic nitrogens is 2. The van der Waals surface area contributed by atoms with Crippen LogP contribution in [0, 0.1) is 5.92 Å². The molecule has 4 heteroatoms. The molecule has 4 nitrogen and oxygen atoms in total. The van der Waals surface area contributed by atoms with Crippen LogP contribution in [0.4, 0.5) is 4.79 Å². The van der Waals surface area contributed by atoms with Crippen LogP contribution in [0.5, 0.6) is 0 Å². The molecule has 0 aromatic carbocycles. The van der Waals surface area contributed by atoms with Gasteiger partial charge in [0, 0.05) is 18.4 Å². The maximum Gasteiger partial charge on any atom is 0.327 e. The number of imidazole rings is 1. The molecule has 2 unspecified atom stereocenters. The number of nitrogens with one attached hydrogen (secondary N) is 1. The summed E-state index contributed by atoms with van der Waals surface area (Å²) in [5.41, 5.74) is 0. The molecule has 0 fully saturated rings. The van der Waals surface area contributed by atoms with E-state index in [0.717, 1.165) is 12.8 Å². The van der Waals surface area contributed by atoms with Gasteiger partial charge in [-0.3, -0.25) is 4.57 Å². The van der Waals surface area contributed by atoms with Crippen molar-refractivity contribution < 1.29 is 4.79 Å². The monoisotopic (exact) mass is 209 g/mol. The number of amides is 1. The molecule has 0 radical (unpaired) electrons. The van der Waals surface area contributed by atoms with Gasteiger partial charge in [0.15, 0.2) is 0 Å². The van der Waals surface area contributed by atoms with Gasteiger partial charge in [0.05, 0.1) is 0 Å². The highest BCUT2D eigenvalue weighted by Gasteiger charge is 2.10. The lowest BCUT2D eigenvalue weighted by molar-refractivity contribution is 0.237. The number of rotatable bonds is 4. The van der Waals surface area contributed by atoms with Crippen LogP contribution in [0.3, 0.4) is 0 Å². The predicted molar refractivity (Wildman–Crippen MR) is 59.7 cm³/mol. The van der Waals surface area contributed by atoms with E-state index in [1.165, 1.54) is 10.9 Å². The Morgan fingerprint density at radius 3 is 2.80 bits per heavy atom. The van der Waals surface area contributed by atoms with Gasteiger partial charge in [-0.25, -0.2) is 9.78 Å². The van der Waals surface area contributed by atoms with E-state index in [-0.39, 0.29) is 12.1 Å². The molecule has 1 rings (SSSR count). The Labute approximate surface area is 90.7 Å². The van der Waals surface area contributed by atoms with Gasteiger partial charge in [-0.05, 0) is 19.3 Å². The van der Waals surface area contributed by atoms with Gasteiger partial charge in [0.2, 0.25) is 0 Å². The quantitative estimate of drug-likeness (QED) is 0.826. The second-order valence-corrected chi connectivity index (χ2v) is 4.07. The van der Waals surface area contributed by atoms with Gasteiger partial charge in [0.25, 0.3) is 0 Å². The van der Waals surface area contributed by atoms with Crippen molar-refractivity contribution in [2.24, 2.45) is 5.92 Å². The minimum Gasteiger partial charge on any atom is -0.335 e. The summed E-state index contributed by atoms with van der Waals surface area (Å²) in [6, 6.07) is 0.0955. The SMILES string of the molecule is CCC(C)CC(C)NC(=O)n1ccnc1. The highest BCUT2D eigenvalue weighted by atomic mass is 16.2. The van der Waals surface area contributed by atoms with Crippen molar-refractivity contribution in [3.8, 4) is 0 Å². The molecule has 0 saturated heterocycles. The standard InChI is InChI=1S/C11H19N3O/c1-4-9(2)7-10(3)13-11(15)14-6-5-12-8-14/h5-6,8-10H,4,7H2,1-3H3,(H,13,15). The number of carbonyl (C=O) groups excluding carboxylic acids is 1. The summed E-state index contributed by atoms with van der Waals surface area (Å²) >= 11 is 0. The van der Waals surface area contributed by atoms with Crippen molar-refractivity contribution in [2.75, 3.05) is 0 Å². The lowest BCUT2D eigenvalue weighted by atomic mass is 10.0. The fraction of sp³-hybridized carbons (Fsp3) is 0.636. The number of carbonyl (C=O) groups is 1. The zero-order chi connectivity index (χ0) is 11.3. The predicted octanol–water partition coefficient (Wildman–Crippen LogP) is 2.27. The van der Waals surface area contributed by atoms with Crippen LogP contribution < -0.4 is 5.32 Å². The average Bonchev–Trinajstić information content (AvgIpc) is 2.70. The molecule has 84 valence electrons. The van der Waals surface area contributed by atoms with Gasteiger partial charge in [-0.1, -0.05) is 20.3 Å². The largest absolute Gasteiger partial charge is 0.335 e. The topological polar surface area (TPSA) is 46.9 Å². The molecule has 0 saturated carbocycles. The maximum atomic E-state index is 11.6. The molecule has 0 aliphatic carbocycles. The summed E-state index contributed by atoms with van der Waals surface area (Å²) in [4.78, 5) is 15.4. The second-order valence-electron chi connectivity index (χ2n) is 4.07. The number of hydrogen-bond donors (Lipinski definition) is 1. The number of hydrogen-bond acceptors (Lipinski definition) is 2. The summed E-state index contributed by atoms with van der Waals surface area (Å²) in [5, 5.41) is 2.93. The molecule has 0 aliphatic heterocycles. The smallest absolute Gasteiger partial charge is 0.327 e. The van der Waals surface area contributed by atoms with E-state index in [4.69, 9.17) is 0 Å². The van der Waals surface area contributed by atoms with Gasteiger partial charge in [-0.15, -0.1) is 0 Å². The molecule has 1 heterocycles. The Bertz CT molecular complexity index is 295.